The molecule has 1 aliphatic rings. The fourth-order valence-corrected chi connectivity index (χ4v) is 3.55. The maximum atomic E-state index is 13.6. The first-order valence-corrected chi connectivity index (χ1v) is 10.2. The minimum absolute atomic E-state index is 0.0421. The van der Waals surface area contributed by atoms with Crippen LogP contribution < -0.4 is 10.1 Å². The van der Waals surface area contributed by atoms with Gasteiger partial charge in [0.2, 0.25) is 11.7 Å². The molecule has 0 spiro atoms. The maximum absolute atomic E-state index is 13.6. The van der Waals surface area contributed by atoms with E-state index in [0.717, 1.165) is 37.6 Å². The molecule has 11 heteroatoms. The molecule has 176 valence electrons. The highest BCUT2D eigenvalue weighted by molar-refractivity contribution is 5.59. The SMILES string of the molecule is FC(F)(F)c1ccc(CCOc2ccc(-c3noc(C4CCCN4)n3)cc2C(F)(F)F)cc1. The Morgan fingerprint density at radius 2 is 1.76 bits per heavy atom. The van der Waals surface area contributed by atoms with E-state index < -0.39 is 23.5 Å². The number of rotatable bonds is 6. The Balaban J connectivity index is 1.47. The van der Waals surface area contributed by atoms with Crippen LogP contribution in [0.5, 0.6) is 5.75 Å². The number of hydrogen-bond donors (Lipinski definition) is 1. The van der Waals surface area contributed by atoms with Crippen molar-refractivity contribution < 1.29 is 35.6 Å². The number of alkyl halides is 6. The van der Waals surface area contributed by atoms with Crippen LogP contribution >= 0.6 is 0 Å². The highest BCUT2D eigenvalue weighted by atomic mass is 19.4. The van der Waals surface area contributed by atoms with Gasteiger partial charge in [-0.1, -0.05) is 17.3 Å². The minimum atomic E-state index is -4.70. The molecule has 1 saturated heterocycles. The van der Waals surface area contributed by atoms with Crippen molar-refractivity contribution in [2.45, 2.75) is 37.7 Å². The lowest BCUT2D eigenvalue weighted by atomic mass is 10.1. The second kappa shape index (κ2) is 9.05. The fourth-order valence-electron chi connectivity index (χ4n) is 3.55. The summed E-state index contributed by atoms with van der Waals surface area (Å²) in [5.41, 5.74) is -1.16. The monoisotopic (exact) mass is 471 g/mol. The van der Waals surface area contributed by atoms with Gasteiger partial charge in [0, 0.05) is 12.0 Å². The average molecular weight is 471 g/mol. The molecule has 2 heterocycles. The lowest BCUT2D eigenvalue weighted by Gasteiger charge is -2.15. The van der Waals surface area contributed by atoms with Crippen LogP contribution in [0.15, 0.2) is 47.0 Å². The van der Waals surface area contributed by atoms with Crippen molar-refractivity contribution in [3.05, 3.63) is 65.0 Å². The minimum Gasteiger partial charge on any atom is -0.493 e. The molecule has 4 rings (SSSR count). The summed E-state index contributed by atoms with van der Waals surface area (Å²) in [6, 6.07) is 7.75. The predicted octanol–water partition coefficient (Wildman–Crippen LogP) is 5.82. The van der Waals surface area contributed by atoms with E-state index in [1.807, 2.05) is 0 Å². The topological polar surface area (TPSA) is 60.2 Å². The number of aromatic nitrogens is 2. The highest BCUT2D eigenvalue weighted by Gasteiger charge is 2.35. The zero-order chi connectivity index (χ0) is 23.6. The zero-order valence-corrected chi connectivity index (χ0v) is 17.1. The highest BCUT2D eigenvalue weighted by Crippen LogP contribution is 2.39. The van der Waals surface area contributed by atoms with Gasteiger partial charge in [-0.15, -0.1) is 0 Å². The lowest BCUT2D eigenvalue weighted by Crippen LogP contribution is -2.13. The van der Waals surface area contributed by atoms with Crippen LogP contribution in [0.2, 0.25) is 0 Å². The van der Waals surface area contributed by atoms with Gasteiger partial charge in [0.25, 0.3) is 0 Å². The van der Waals surface area contributed by atoms with Gasteiger partial charge in [-0.25, -0.2) is 0 Å². The van der Waals surface area contributed by atoms with Crippen molar-refractivity contribution in [1.29, 1.82) is 0 Å². The number of benzene rings is 2. The van der Waals surface area contributed by atoms with Gasteiger partial charge in [0.05, 0.1) is 23.8 Å². The number of nitrogens with one attached hydrogen (secondary N) is 1. The second-order valence-corrected chi connectivity index (χ2v) is 7.61. The largest absolute Gasteiger partial charge is 0.493 e. The Bertz CT molecular complexity index is 1090. The molecule has 0 radical (unpaired) electrons. The maximum Gasteiger partial charge on any atom is 0.419 e. The molecular formula is C22H19F6N3O2. The van der Waals surface area contributed by atoms with Gasteiger partial charge >= 0.3 is 12.4 Å². The molecule has 0 saturated carbocycles. The summed E-state index contributed by atoms with van der Waals surface area (Å²) in [5, 5.41) is 6.97. The molecule has 1 aliphatic heterocycles. The third-order valence-electron chi connectivity index (χ3n) is 5.27. The van der Waals surface area contributed by atoms with E-state index >= 15 is 0 Å². The summed E-state index contributed by atoms with van der Waals surface area (Å²) in [6.45, 7) is 0.659. The Labute approximate surface area is 184 Å². The molecular weight excluding hydrogens is 452 g/mol. The lowest BCUT2D eigenvalue weighted by molar-refractivity contribution is -0.139. The van der Waals surface area contributed by atoms with Crippen LogP contribution in [0.4, 0.5) is 26.3 Å². The Morgan fingerprint density at radius 3 is 2.39 bits per heavy atom. The summed E-state index contributed by atoms with van der Waals surface area (Å²) >= 11 is 0. The van der Waals surface area contributed by atoms with Gasteiger partial charge in [-0.05, 0) is 55.3 Å². The normalized spacial score (nSPS) is 16.8. The first-order chi connectivity index (χ1) is 15.6. The quantitative estimate of drug-likeness (QED) is 0.459. The number of nitrogens with zero attached hydrogens (tertiary/aromatic N) is 2. The van der Waals surface area contributed by atoms with E-state index in [4.69, 9.17) is 9.26 Å². The van der Waals surface area contributed by atoms with Crippen LogP contribution in [-0.2, 0) is 18.8 Å². The summed E-state index contributed by atoms with van der Waals surface area (Å²) in [7, 11) is 0. The summed E-state index contributed by atoms with van der Waals surface area (Å²) in [6.07, 6.45) is -7.26. The van der Waals surface area contributed by atoms with E-state index in [-0.39, 0.29) is 36.2 Å². The van der Waals surface area contributed by atoms with Gasteiger partial charge in [0.1, 0.15) is 5.75 Å². The molecule has 0 amide bonds. The van der Waals surface area contributed by atoms with Gasteiger partial charge in [-0.2, -0.15) is 31.3 Å². The average Bonchev–Trinajstić information content (AvgIpc) is 3.45. The fraction of sp³-hybridized carbons (Fsp3) is 0.364. The third-order valence-corrected chi connectivity index (χ3v) is 5.27. The van der Waals surface area contributed by atoms with E-state index in [1.54, 1.807) is 0 Å². The molecule has 2 aromatic carbocycles. The van der Waals surface area contributed by atoms with Crippen molar-refractivity contribution in [3.8, 4) is 17.1 Å². The van der Waals surface area contributed by atoms with Gasteiger partial charge in [-0.3, -0.25) is 0 Å². The van der Waals surface area contributed by atoms with Crippen molar-refractivity contribution in [2.24, 2.45) is 0 Å². The molecule has 1 unspecified atom stereocenters. The first kappa shape index (κ1) is 23.1. The van der Waals surface area contributed by atoms with Crippen LogP contribution in [0.3, 0.4) is 0 Å². The van der Waals surface area contributed by atoms with E-state index in [0.29, 0.717) is 11.5 Å². The van der Waals surface area contributed by atoms with Crippen molar-refractivity contribution in [3.63, 3.8) is 0 Å². The van der Waals surface area contributed by atoms with Crippen molar-refractivity contribution >= 4 is 0 Å². The van der Waals surface area contributed by atoms with E-state index in [2.05, 4.69) is 15.5 Å². The first-order valence-electron chi connectivity index (χ1n) is 10.2. The number of ether oxygens (including phenoxy) is 1. The molecule has 3 aromatic rings. The molecule has 33 heavy (non-hydrogen) atoms. The van der Waals surface area contributed by atoms with Crippen molar-refractivity contribution in [1.82, 2.24) is 15.5 Å². The van der Waals surface area contributed by atoms with Crippen LogP contribution in [-0.4, -0.2) is 23.3 Å². The standard InChI is InChI=1S/C22H19F6N3O2/c23-21(24,25)15-6-3-13(4-7-15)9-11-32-18-8-5-14(12-16(18)22(26,27)28)19-30-20(33-31-19)17-2-1-10-29-17/h3-8,12,17,29H,1-2,9-11H2. The Kier molecular flexibility index (Phi) is 6.33. The number of hydrogen-bond acceptors (Lipinski definition) is 5. The van der Waals surface area contributed by atoms with Crippen LogP contribution in [0, 0.1) is 0 Å². The molecule has 1 atom stereocenters. The van der Waals surface area contributed by atoms with Crippen LogP contribution in [0.25, 0.3) is 11.4 Å². The van der Waals surface area contributed by atoms with Crippen LogP contribution in [0.1, 0.15) is 41.5 Å². The van der Waals surface area contributed by atoms with E-state index in [9.17, 15) is 26.3 Å². The Morgan fingerprint density at radius 1 is 1.00 bits per heavy atom. The van der Waals surface area contributed by atoms with Crippen molar-refractivity contribution in [2.75, 3.05) is 13.2 Å². The molecule has 1 aromatic heterocycles. The zero-order valence-electron chi connectivity index (χ0n) is 17.1. The predicted molar refractivity (Wildman–Crippen MR) is 105 cm³/mol. The smallest absolute Gasteiger partial charge is 0.419 e. The second-order valence-electron chi connectivity index (χ2n) is 7.61. The molecule has 0 aliphatic carbocycles. The third kappa shape index (κ3) is 5.47. The van der Waals surface area contributed by atoms with E-state index in [1.165, 1.54) is 24.3 Å². The number of halogens is 6. The van der Waals surface area contributed by atoms with Gasteiger partial charge < -0.3 is 14.6 Å². The molecule has 1 fully saturated rings. The summed E-state index contributed by atoms with van der Waals surface area (Å²) in [4.78, 5) is 4.21. The Hall–Kier alpha value is -3.08. The molecule has 0 bridgehead atoms. The summed E-state index contributed by atoms with van der Waals surface area (Å²) in [5.74, 6) is -0.0206. The molecule has 5 nitrogen and oxygen atoms in total. The summed E-state index contributed by atoms with van der Waals surface area (Å²) < 4.78 is 89.3. The van der Waals surface area contributed by atoms with Gasteiger partial charge in [0.15, 0.2) is 0 Å². The molecule has 1 N–H and O–H groups in total.